The molecule has 78 valence electrons. The van der Waals surface area contributed by atoms with Gasteiger partial charge >= 0.3 is 7.60 Å². The zero-order chi connectivity index (χ0) is 11.0. The Morgan fingerprint density at radius 3 is 2.64 bits per heavy atom. The molecule has 1 rings (SSSR count). The van der Waals surface area contributed by atoms with Crippen LogP contribution in [0.4, 0.5) is 4.39 Å². The van der Waals surface area contributed by atoms with Crippen LogP contribution in [0.25, 0.3) is 0 Å². The normalized spacial score (nSPS) is 39.4. The van der Waals surface area contributed by atoms with Crippen LogP contribution in [0.1, 0.15) is 13.3 Å². The van der Waals surface area contributed by atoms with E-state index in [-0.39, 0.29) is 6.42 Å². The van der Waals surface area contributed by atoms with E-state index in [4.69, 9.17) is 22.4 Å². The second-order valence-corrected chi connectivity index (χ2v) is 4.98. The number of hydrogen-bond donors (Lipinski definition) is 2. The van der Waals surface area contributed by atoms with Gasteiger partial charge in [0.2, 0.25) is 0 Å². The van der Waals surface area contributed by atoms with Crippen LogP contribution >= 0.6 is 7.60 Å². The smallest absolute Gasteiger partial charge is 0.348 e. The second-order valence-electron chi connectivity index (χ2n) is 3.51. The van der Waals surface area contributed by atoms with E-state index in [0.717, 1.165) is 6.08 Å². The summed E-state index contributed by atoms with van der Waals surface area (Å²) in [6.45, 7) is 1.29. The van der Waals surface area contributed by atoms with Crippen molar-refractivity contribution in [2.45, 2.75) is 31.1 Å². The molecule has 1 aliphatic rings. The first-order valence-corrected chi connectivity index (χ1v) is 5.73. The monoisotopic (exact) mass is 220 g/mol. The molecule has 14 heavy (non-hydrogen) atoms. The lowest BCUT2D eigenvalue weighted by Crippen LogP contribution is -2.29. The third-order valence-electron chi connectivity index (χ3n) is 2.01. The third-order valence-corrected chi connectivity index (χ3v) is 2.57. The molecule has 0 aromatic rings. The highest BCUT2D eigenvalue weighted by Gasteiger charge is 2.41. The van der Waals surface area contributed by atoms with E-state index in [1.165, 1.54) is 6.92 Å². The van der Waals surface area contributed by atoms with Gasteiger partial charge in [0.25, 0.3) is 0 Å². The number of halogens is 1. The molecule has 0 unspecified atom stereocenters. The molecule has 0 aromatic heterocycles. The van der Waals surface area contributed by atoms with Crippen LogP contribution < -0.4 is 0 Å². The first-order chi connectivity index (χ1) is 6.21. The van der Waals surface area contributed by atoms with Crippen molar-refractivity contribution in [1.29, 1.82) is 0 Å². The maximum absolute atomic E-state index is 13.4. The summed E-state index contributed by atoms with van der Waals surface area (Å²) < 4.78 is 28.8. The maximum Gasteiger partial charge on any atom is 0.348 e. The fourth-order valence-electron chi connectivity index (χ4n) is 1.21. The van der Waals surface area contributed by atoms with E-state index in [2.05, 4.69) is 0 Å². The first kappa shape index (κ1) is 11.9. The molecule has 1 aliphatic heterocycles. The van der Waals surface area contributed by atoms with E-state index in [9.17, 15) is 8.96 Å². The van der Waals surface area contributed by atoms with Crippen molar-refractivity contribution in [3.8, 4) is 0 Å². The zero-order valence-electron chi connectivity index (χ0n) is 7.63. The second kappa shape index (κ2) is 3.78. The lowest BCUT2D eigenvalue weighted by molar-refractivity contribution is 0.0726. The third kappa shape index (κ3) is 3.21. The van der Waals surface area contributed by atoms with Gasteiger partial charge in [0.05, 0.1) is 12.1 Å². The average molecular weight is 220 g/mol. The Hall–Kier alpha value is -0.155. The van der Waals surface area contributed by atoms with Crippen LogP contribution in [-0.4, -0.2) is 35.4 Å². The van der Waals surface area contributed by atoms with E-state index in [1.807, 2.05) is 0 Å². The maximum atomic E-state index is 13.4. The number of alkyl halides is 1. The zero-order valence-corrected chi connectivity index (χ0v) is 8.52. The topological polar surface area (TPSA) is 66.8 Å². The highest BCUT2D eigenvalue weighted by molar-refractivity contribution is 7.55. The molecule has 1 saturated heterocycles. The molecule has 1 heterocycles. The van der Waals surface area contributed by atoms with Crippen LogP contribution in [0.2, 0.25) is 0 Å². The van der Waals surface area contributed by atoms with Gasteiger partial charge in [-0.2, -0.15) is 0 Å². The summed E-state index contributed by atoms with van der Waals surface area (Å²) in [6, 6.07) is -1.05. The minimum absolute atomic E-state index is 0.00463. The van der Waals surface area contributed by atoms with Gasteiger partial charge in [-0.25, -0.2) is 4.39 Å². The Bertz CT molecular complexity index is 287. The molecule has 2 N–H and O–H groups in total. The highest BCUT2D eigenvalue weighted by atomic mass is 31.2. The molecule has 1 fully saturated rings. The van der Waals surface area contributed by atoms with Crippen LogP contribution in [0.5, 0.6) is 0 Å². The summed E-state index contributed by atoms with van der Waals surface area (Å²) in [7, 11) is 1.11. The van der Waals surface area contributed by atoms with Gasteiger partial charge in [0, 0.05) is 12.2 Å². The van der Waals surface area contributed by atoms with Gasteiger partial charge in [0.15, 0.2) is 0 Å². The highest BCUT2D eigenvalue weighted by Crippen LogP contribution is 2.38. The molecule has 0 aromatic carbocycles. The van der Waals surface area contributed by atoms with Crippen molar-refractivity contribution in [3.05, 3.63) is 11.9 Å². The largest absolute Gasteiger partial charge is 0.377 e. The average Bonchev–Trinajstić information content (AvgIpc) is 2.21. The van der Waals surface area contributed by atoms with Gasteiger partial charge in [-0.05, 0) is 13.0 Å². The van der Waals surface area contributed by atoms with E-state index in [0.29, 0.717) is 5.82 Å². The molecular weight excluding hydrogens is 209 g/mol. The molecule has 0 aliphatic carbocycles. The standard InChI is InChI=1S/C7H11BFO4P/c1-7(9)4-5(13-6(7)8)2-3-14(10,11)12/h2-3,5-6H,4H2,1H3,(H2,10,11,12)/b3-2+/t5-,6-,7-/m1/s1. The van der Waals surface area contributed by atoms with Gasteiger partial charge in [-0.1, -0.05) is 0 Å². The summed E-state index contributed by atoms with van der Waals surface area (Å²) in [4.78, 5) is 17.0. The van der Waals surface area contributed by atoms with Crippen molar-refractivity contribution < 1.29 is 23.5 Å². The Morgan fingerprint density at radius 2 is 2.29 bits per heavy atom. The SMILES string of the molecule is [B][C@@H]1O[C@H](/C=C/P(=O)(O)O)C[C@@]1(C)F. The van der Waals surface area contributed by atoms with Gasteiger partial charge in [0.1, 0.15) is 13.5 Å². The van der Waals surface area contributed by atoms with Gasteiger partial charge in [-0.3, -0.25) is 4.57 Å². The van der Waals surface area contributed by atoms with E-state index in [1.54, 1.807) is 0 Å². The molecule has 3 atom stereocenters. The molecule has 7 heteroatoms. The fourth-order valence-corrected chi connectivity index (χ4v) is 1.63. The van der Waals surface area contributed by atoms with Crippen molar-refractivity contribution in [3.63, 3.8) is 0 Å². The minimum atomic E-state index is -4.20. The molecule has 4 nitrogen and oxygen atoms in total. The van der Waals surface area contributed by atoms with Gasteiger partial charge in [-0.15, -0.1) is 0 Å². The molecule has 2 radical (unpaired) electrons. The minimum Gasteiger partial charge on any atom is -0.377 e. The Kier molecular flexibility index (Phi) is 3.21. The van der Waals surface area contributed by atoms with Crippen molar-refractivity contribution in [2.75, 3.05) is 0 Å². The predicted octanol–water partition coefficient (Wildman–Crippen LogP) is 0.689. The quantitative estimate of drug-likeness (QED) is 0.530. The van der Waals surface area contributed by atoms with Crippen LogP contribution in [0, 0.1) is 0 Å². The Labute approximate surface area is 82.7 Å². The van der Waals surface area contributed by atoms with E-state index < -0.39 is 25.4 Å². The Morgan fingerprint density at radius 1 is 1.71 bits per heavy atom. The van der Waals surface area contributed by atoms with Crippen LogP contribution in [0.3, 0.4) is 0 Å². The molecular formula is C7H11BFO4P. The van der Waals surface area contributed by atoms with Crippen LogP contribution in [0.15, 0.2) is 11.9 Å². The first-order valence-electron chi connectivity index (χ1n) is 4.05. The fraction of sp³-hybridized carbons (Fsp3) is 0.714. The summed E-state index contributed by atoms with van der Waals surface area (Å²) in [5.74, 6) is 0.700. The molecule has 0 bridgehead atoms. The Balaban J connectivity index is 2.60. The van der Waals surface area contributed by atoms with Crippen molar-refractivity contribution in [2.24, 2.45) is 0 Å². The summed E-state index contributed by atoms with van der Waals surface area (Å²) in [5.41, 5.74) is -1.65. The van der Waals surface area contributed by atoms with E-state index >= 15 is 0 Å². The molecule has 0 amide bonds. The summed E-state index contributed by atoms with van der Waals surface area (Å²) in [6.07, 6.45) is 0.475. The number of rotatable bonds is 2. The van der Waals surface area contributed by atoms with Gasteiger partial charge < -0.3 is 14.5 Å². The van der Waals surface area contributed by atoms with Crippen molar-refractivity contribution in [1.82, 2.24) is 0 Å². The lowest BCUT2D eigenvalue weighted by Gasteiger charge is -2.15. The summed E-state index contributed by atoms with van der Waals surface area (Å²) >= 11 is 0. The van der Waals surface area contributed by atoms with Crippen LogP contribution in [-0.2, 0) is 9.30 Å². The van der Waals surface area contributed by atoms with Crippen molar-refractivity contribution >= 4 is 15.4 Å². The number of ether oxygens (including phenoxy) is 1. The number of hydrogen-bond acceptors (Lipinski definition) is 2. The molecule has 0 saturated carbocycles. The lowest BCUT2D eigenvalue weighted by atomic mass is 9.85. The molecule has 0 spiro atoms. The summed E-state index contributed by atoms with van der Waals surface area (Å²) in [5, 5.41) is 0. The predicted molar refractivity (Wildman–Crippen MR) is 49.7 cm³/mol.